The Bertz CT molecular complexity index is 795. The fourth-order valence-electron chi connectivity index (χ4n) is 1.70. The number of rotatable bonds is 2. The van der Waals surface area contributed by atoms with Gasteiger partial charge in [-0.25, -0.2) is 9.79 Å². The Hall–Kier alpha value is -1.31. The summed E-state index contributed by atoms with van der Waals surface area (Å²) < 4.78 is 11.2. The predicted octanol–water partition coefficient (Wildman–Crippen LogP) is 4.54. The fraction of sp³-hybridized carbons (Fsp3) is 0. The van der Waals surface area contributed by atoms with E-state index in [1.807, 2.05) is 22.6 Å². The summed E-state index contributed by atoms with van der Waals surface area (Å²) >= 11 is 13.8. The summed E-state index contributed by atoms with van der Waals surface area (Å²) in [7, 11) is 0. The number of hydrogen-bond donors (Lipinski definition) is 0. The lowest BCUT2D eigenvalue weighted by Gasteiger charge is -2.01. The fourth-order valence-corrected chi connectivity index (χ4v) is 2.43. The van der Waals surface area contributed by atoms with Crippen LogP contribution >= 0.6 is 45.8 Å². The third-order valence-electron chi connectivity index (χ3n) is 2.66. The maximum absolute atomic E-state index is 11.8. The average molecular weight is 434 g/mol. The van der Waals surface area contributed by atoms with Gasteiger partial charge in [0.2, 0.25) is 5.90 Å². The zero-order valence-electron chi connectivity index (χ0n) is 10.3. The maximum Gasteiger partial charge on any atom is 0.363 e. The van der Waals surface area contributed by atoms with Crippen molar-refractivity contribution in [2.45, 2.75) is 0 Å². The van der Waals surface area contributed by atoms with Gasteiger partial charge in [-0.05, 0) is 52.9 Å². The Morgan fingerprint density at radius 1 is 1.14 bits per heavy atom. The number of furan rings is 1. The monoisotopic (exact) mass is 433 g/mol. The van der Waals surface area contributed by atoms with Gasteiger partial charge in [-0.15, -0.1) is 0 Å². The first-order valence-corrected chi connectivity index (χ1v) is 7.60. The molecule has 0 bridgehead atoms. The van der Waals surface area contributed by atoms with Crippen molar-refractivity contribution in [2.75, 3.05) is 0 Å². The largest absolute Gasteiger partial charge is 0.451 e. The number of aliphatic imine (C=N–C) groups is 1. The van der Waals surface area contributed by atoms with Crippen LogP contribution in [0.5, 0.6) is 0 Å². The van der Waals surface area contributed by atoms with Gasteiger partial charge in [0.15, 0.2) is 9.46 Å². The van der Waals surface area contributed by atoms with E-state index in [2.05, 4.69) is 4.99 Å². The zero-order valence-corrected chi connectivity index (χ0v) is 13.9. The van der Waals surface area contributed by atoms with Crippen molar-refractivity contribution in [1.82, 2.24) is 0 Å². The molecule has 1 aliphatic heterocycles. The Morgan fingerprint density at radius 3 is 2.62 bits per heavy atom. The van der Waals surface area contributed by atoms with E-state index in [-0.39, 0.29) is 11.6 Å². The van der Waals surface area contributed by atoms with Gasteiger partial charge in [-0.1, -0.05) is 23.2 Å². The van der Waals surface area contributed by atoms with E-state index in [4.69, 9.17) is 32.4 Å². The first kappa shape index (κ1) is 14.6. The minimum atomic E-state index is -0.539. The number of halogens is 3. The highest BCUT2D eigenvalue weighted by atomic mass is 127. The topological polar surface area (TPSA) is 51.8 Å². The molecule has 106 valence electrons. The highest BCUT2D eigenvalue weighted by Gasteiger charge is 2.25. The number of carbonyl (C=O) groups excluding carboxylic acids is 1. The van der Waals surface area contributed by atoms with Crippen molar-refractivity contribution < 1.29 is 13.9 Å². The summed E-state index contributed by atoms with van der Waals surface area (Å²) in [5, 5.41) is 0.789. The number of carbonyl (C=O) groups is 1. The molecule has 21 heavy (non-hydrogen) atoms. The first-order valence-electron chi connectivity index (χ1n) is 5.76. The average Bonchev–Trinajstić information content (AvgIpc) is 3.00. The lowest BCUT2D eigenvalue weighted by atomic mass is 10.2. The highest BCUT2D eigenvalue weighted by molar-refractivity contribution is 14.1. The minimum absolute atomic E-state index is 0.168. The predicted molar refractivity (Wildman–Crippen MR) is 88.5 cm³/mol. The number of esters is 1. The number of hydrogen-bond acceptors (Lipinski definition) is 4. The summed E-state index contributed by atoms with van der Waals surface area (Å²) in [6.45, 7) is 0. The molecule has 2 aromatic rings. The lowest BCUT2D eigenvalue weighted by molar-refractivity contribution is -0.129. The molecule has 3 rings (SSSR count). The Balaban J connectivity index is 1.95. The van der Waals surface area contributed by atoms with Crippen molar-refractivity contribution in [3.8, 4) is 0 Å². The molecule has 0 radical (unpaired) electrons. The molecule has 0 spiro atoms. The van der Waals surface area contributed by atoms with E-state index >= 15 is 0 Å². The van der Waals surface area contributed by atoms with Gasteiger partial charge in [0.25, 0.3) is 0 Å². The van der Waals surface area contributed by atoms with Crippen LogP contribution in [0.25, 0.3) is 6.08 Å². The van der Waals surface area contributed by atoms with Gasteiger partial charge in [0.1, 0.15) is 5.76 Å². The van der Waals surface area contributed by atoms with E-state index < -0.39 is 5.97 Å². The number of benzene rings is 1. The second-order valence-corrected chi connectivity index (χ2v) is 5.98. The van der Waals surface area contributed by atoms with Gasteiger partial charge in [-0.3, -0.25) is 0 Å². The lowest BCUT2D eigenvalue weighted by Crippen LogP contribution is -2.05. The molecule has 0 saturated carbocycles. The molecule has 0 saturated heterocycles. The summed E-state index contributed by atoms with van der Waals surface area (Å²) in [4.78, 5) is 16.0. The smallest absolute Gasteiger partial charge is 0.363 e. The van der Waals surface area contributed by atoms with Crippen LogP contribution in [-0.2, 0) is 9.53 Å². The Morgan fingerprint density at radius 2 is 1.95 bits per heavy atom. The third-order valence-corrected chi connectivity index (χ3v) is 3.98. The van der Waals surface area contributed by atoms with Crippen molar-refractivity contribution in [3.05, 3.63) is 61.2 Å². The second-order valence-electron chi connectivity index (χ2n) is 4.11. The van der Waals surface area contributed by atoms with Crippen LogP contribution in [0.2, 0.25) is 10.0 Å². The van der Waals surface area contributed by atoms with Gasteiger partial charge >= 0.3 is 5.97 Å². The van der Waals surface area contributed by atoms with Gasteiger partial charge in [-0.2, -0.15) is 0 Å². The molecular formula is C14H6Cl2INO3. The van der Waals surface area contributed by atoms with Crippen LogP contribution in [0, 0.1) is 3.77 Å². The Kier molecular flexibility index (Phi) is 4.05. The van der Waals surface area contributed by atoms with Crippen molar-refractivity contribution in [2.24, 2.45) is 4.99 Å². The molecule has 1 aromatic carbocycles. The molecule has 7 heteroatoms. The van der Waals surface area contributed by atoms with Crippen LogP contribution < -0.4 is 0 Å². The van der Waals surface area contributed by atoms with E-state index in [9.17, 15) is 4.79 Å². The van der Waals surface area contributed by atoms with Crippen molar-refractivity contribution in [3.63, 3.8) is 0 Å². The quantitative estimate of drug-likeness (QED) is 0.397. The van der Waals surface area contributed by atoms with E-state index in [0.717, 1.165) is 3.77 Å². The number of cyclic esters (lactones) is 1. The normalized spacial score (nSPS) is 16.2. The third kappa shape index (κ3) is 3.14. The zero-order chi connectivity index (χ0) is 15.0. The molecular weight excluding hydrogens is 428 g/mol. The van der Waals surface area contributed by atoms with Crippen molar-refractivity contribution >= 4 is 63.7 Å². The molecule has 1 aromatic heterocycles. The maximum atomic E-state index is 11.8. The van der Waals surface area contributed by atoms with Crippen LogP contribution in [-0.4, -0.2) is 11.9 Å². The summed E-state index contributed by atoms with van der Waals surface area (Å²) in [6, 6.07) is 8.42. The molecule has 0 amide bonds. The van der Waals surface area contributed by atoms with Crippen LogP contribution in [0.4, 0.5) is 0 Å². The molecule has 0 N–H and O–H groups in total. The summed E-state index contributed by atoms with van der Waals surface area (Å²) in [5.41, 5.74) is 0.747. The molecule has 4 nitrogen and oxygen atoms in total. The summed E-state index contributed by atoms with van der Waals surface area (Å²) in [5.74, 6) is 0.180. The Labute approximate surface area is 143 Å². The second kappa shape index (κ2) is 5.82. The van der Waals surface area contributed by atoms with E-state index in [1.165, 1.54) is 6.08 Å². The molecule has 0 aliphatic carbocycles. The van der Waals surface area contributed by atoms with E-state index in [0.29, 0.717) is 21.4 Å². The number of ether oxygens (including phenoxy) is 1. The molecule has 0 atom stereocenters. The standard InChI is InChI=1S/C14H6Cl2INO3/c15-9-3-1-7(5-10(9)16)13-18-11(14(19)21-13)6-8-2-4-12(17)20-8/h1-6H/b11-6-. The summed E-state index contributed by atoms with van der Waals surface area (Å²) in [6.07, 6.45) is 1.52. The van der Waals surface area contributed by atoms with Crippen LogP contribution in [0.15, 0.2) is 45.4 Å². The van der Waals surface area contributed by atoms with Gasteiger partial charge < -0.3 is 9.15 Å². The molecule has 2 heterocycles. The number of nitrogens with zero attached hydrogens (tertiary/aromatic N) is 1. The van der Waals surface area contributed by atoms with E-state index in [1.54, 1.807) is 30.3 Å². The van der Waals surface area contributed by atoms with Crippen LogP contribution in [0.3, 0.4) is 0 Å². The van der Waals surface area contributed by atoms with Gasteiger partial charge in [0.05, 0.1) is 10.0 Å². The first-order chi connectivity index (χ1) is 10.0. The minimum Gasteiger partial charge on any atom is -0.451 e. The molecule has 0 unspecified atom stereocenters. The van der Waals surface area contributed by atoms with Crippen LogP contribution in [0.1, 0.15) is 11.3 Å². The molecule has 1 aliphatic rings. The van der Waals surface area contributed by atoms with Crippen molar-refractivity contribution in [1.29, 1.82) is 0 Å². The van der Waals surface area contributed by atoms with Gasteiger partial charge in [0, 0.05) is 11.6 Å². The highest BCUT2D eigenvalue weighted by Crippen LogP contribution is 2.26. The molecule has 0 fully saturated rings. The SMILES string of the molecule is O=C1OC(c2ccc(Cl)c(Cl)c2)=N/C1=C\c1ccc(I)o1.